The van der Waals surface area contributed by atoms with Crippen LogP contribution in [0.1, 0.15) is 17.3 Å². The largest absolute Gasteiger partial charge is 0.415 e. The third-order valence-electron chi connectivity index (χ3n) is 2.81. The number of nitrogens with zero attached hydrogens (tertiary/aromatic N) is 4. The lowest BCUT2D eigenvalue weighted by molar-refractivity contribution is 0.390. The first-order valence-corrected chi connectivity index (χ1v) is 8.96. The van der Waals surface area contributed by atoms with E-state index in [0.29, 0.717) is 34.3 Å². The summed E-state index contributed by atoms with van der Waals surface area (Å²) in [4.78, 5) is 4.38. The molecule has 114 valence electrons. The summed E-state index contributed by atoms with van der Waals surface area (Å²) >= 11 is 3.02. The Hall–Kier alpha value is -1.80. The topological polar surface area (TPSA) is 77.8 Å². The summed E-state index contributed by atoms with van der Waals surface area (Å²) in [7, 11) is 0. The molecule has 2 heterocycles. The maximum absolute atomic E-state index is 5.48. The Bertz CT molecular complexity index is 739. The Morgan fingerprint density at radius 3 is 2.64 bits per heavy atom. The molecule has 8 heteroatoms. The highest BCUT2D eigenvalue weighted by molar-refractivity contribution is 7.98. The van der Waals surface area contributed by atoms with Crippen LogP contribution in [0.3, 0.4) is 0 Å². The number of hydrogen-bond acceptors (Lipinski definition) is 8. The number of benzene rings is 1. The smallest absolute Gasteiger partial charge is 0.277 e. The number of aryl methyl sites for hydroxylation is 1. The van der Waals surface area contributed by atoms with Crippen molar-refractivity contribution < 1.29 is 8.94 Å². The van der Waals surface area contributed by atoms with Gasteiger partial charge in [0.2, 0.25) is 17.6 Å². The number of aromatic nitrogens is 4. The highest BCUT2D eigenvalue weighted by atomic mass is 32.2. The molecule has 0 fully saturated rings. The van der Waals surface area contributed by atoms with Crippen LogP contribution < -0.4 is 0 Å². The van der Waals surface area contributed by atoms with Gasteiger partial charge < -0.3 is 8.94 Å². The molecular formula is C14H14N4O2S2. The number of rotatable bonds is 6. The molecule has 0 aliphatic rings. The molecule has 0 N–H and O–H groups in total. The van der Waals surface area contributed by atoms with Crippen molar-refractivity contribution in [3.05, 3.63) is 41.6 Å². The van der Waals surface area contributed by atoms with Crippen molar-refractivity contribution in [3.8, 4) is 11.4 Å². The SMILES string of the molecule is CSCc1nnc(SCc2nc(-c3ccc(C)cc3)no2)o1. The first-order valence-electron chi connectivity index (χ1n) is 6.58. The molecule has 6 nitrogen and oxygen atoms in total. The minimum Gasteiger partial charge on any atom is -0.415 e. The van der Waals surface area contributed by atoms with E-state index in [1.165, 1.54) is 17.3 Å². The summed E-state index contributed by atoms with van der Waals surface area (Å²) in [5.41, 5.74) is 2.13. The van der Waals surface area contributed by atoms with Crippen LogP contribution in [-0.4, -0.2) is 26.6 Å². The first-order chi connectivity index (χ1) is 10.7. The van der Waals surface area contributed by atoms with Crippen molar-refractivity contribution in [2.24, 2.45) is 0 Å². The minimum atomic E-state index is 0.500. The predicted molar refractivity (Wildman–Crippen MR) is 85.5 cm³/mol. The van der Waals surface area contributed by atoms with E-state index in [0.717, 1.165) is 5.56 Å². The van der Waals surface area contributed by atoms with Gasteiger partial charge in [-0.15, -0.1) is 10.2 Å². The van der Waals surface area contributed by atoms with Gasteiger partial charge in [0.25, 0.3) is 5.22 Å². The molecule has 22 heavy (non-hydrogen) atoms. The molecule has 1 aromatic carbocycles. The Balaban J connectivity index is 1.62. The number of thioether (sulfide) groups is 2. The average Bonchev–Trinajstić information content (AvgIpc) is 3.16. The van der Waals surface area contributed by atoms with Crippen LogP contribution in [0.2, 0.25) is 0 Å². The van der Waals surface area contributed by atoms with E-state index >= 15 is 0 Å². The van der Waals surface area contributed by atoms with Gasteiger partial charge in [0.1, 0.15) is 0 Å². The van der Waals surface area contributed by atoms with Crippen LogP contribution in [0.15, 0.2) is 38.4 Å². The van der Waals surface area contributed by atoms with Crippen molar-refractivity contribution in [2.75, 3.05) is 6.26 Å². The Morgan fingerprint density at radius 1 is 1.05 bits per heavy atom. The van der Waals surface area contributed by atoms with Gasteiger partial charge in [0.05, 0.1) is 11.5 Å². The molecule has 0 aliphatic carbocycles. The van der Waals surface area contributed by atoms with E-state index in [1.807, 2.05) is 37.4 Å². The second-order valence-corrected chi connectivity index (χ2v) is 6.35. The minimum absolute atomic E-state index is 0.500. The van der Waals surface area contributed by atoms with Gasteiger partial charge in [-0.1, -0.05) is 46.7 Å². The fourth-order valence-corrected chi connectivity index (χ4v) is 2.72. The lowest BCUT2D eigenvalue weighted by Gasteiger charge is -1.94. The number of hydrogen-bond donors (Lipinski definition) is 0. The zero-order chi connectivity index (χ0) is 15.4. The summed E-state index contributed by atoms with van der Waals surface area (Å²) in [6, 6.07) is 7.99. The molecule has 2 aromatic heterocycles. The van der Waals surface area contributed by atoms with Crippen LogP contribution in [0, 0.1) is 6.92 Å². The Kier molecular flexibility index (Phi) is 4.79. The third kappa shape index (κ3) is 3.69. The molecule has 0 amide bonds. The highest BCUT2D eigenvalue weighted by Gasteiger charge is 2.12. The second kappa shape index (κ2) is 6.97. The van der Waals surface area contributed by atoms with Crippen LogP contribution in [0.4, 0.5) is 0 Å². The van der Waals surface area contributed by atoms with Crippen molar-refractivity contribution in [1.82, 2.24) is 20.3 Å². The quantitative estimate of drug-likeness (QED) is 0.633. The maximum atomic E-state index is 5.48. The predicted octanol–water partition coefficient (Wildman–Crippen LogP) is 3.58. The van der Waals surface area contributed by atoms with E-state index < -0.39 is 0 Å². The lowest BCUT2D eigenvalue weighted by Crippen LogP contribution is -1.83. The molecular weight excluding hydrogens is 320 g/mol. The normalized spacial score (nSPS) is 11.0. The van der Waals surface area contributed by atoms with E-state index in [9.17, 15) is 0 Å². The van der Waals surface area contributed by atoms with Crippen LogP contribution in [0.25, 0.3) is 11.4 Å². The van der Waals surface area contributed by atoms with Crippen molar-refractivity contribution >= 4 is 23.5 Å². The fourth-order valence-electron chi connectivity index (χ4n) is 1.74. The molecule has 0 unspecified atom stereocenters. The summed E-state index contributed by atoms with van der Waals surface area (Å²) in [5, 5.41) is 12.4. The van der Waals surface area contributed by atoms with Crippen molar-refractivity contribution in [2.45, 2.75) is 23.7 Å². The molecule has 0 aliphatic heterocycles. The molecule has 0 saturated carbocycles. The average molecular weight is 334 g/mol. The van der Waals surface area contributed by atoms with Crippen molar-refractivity contribution in [3.63, 3.8) is 0 Å². The zero-order valence-electron chi connectivity index (χ0n) is 12.1. The summed E-state index contributed by atoms with van der Waals surface area (Å²) in [5.74, 6) is 2.96. The first kappa shape index (κ1) is 15.1. The van der Waals surface area contributed by atoms with Gasteiger partial charge in [-0.25, -0.2) is 0 Å². The molecule has 0 bridgehead atoms. The Labute approximate surface area is 136 Å². The fraction of sp³-hybridized carbons (Fsp3) is 0.286. The lowest BCUT2D eigenvalue weighted by atomic mass is 10.1. The molecule has 0 radical (unpaired) electrons. The van der Waals surface area contributed by atoms with E-state index in [-0.39, 0.29) is 0 Å². The second-order valence-electron chi connectivity index (χ2n) is 4.56. The summed E-state index contributed by atoms with van der Waals surface area (Å²) in [6.45, 7) is 2.04. The van der Waals surface area contributed by atoms with Gasteiger partial charge in [0.15, 0.2) is 0 Å². The molecule has 0 saturated heterocycles. The maximum Gasteiger partial charge on any atom is 0.277 e. The third-order valence-corrected chi connectivity index (χ3v) is 4.15. The van der Waals surface area contributed by atoms with Gasteiger partial charge in [0, 0.05) is 5.56 Å². The molecule has 3 rings (SSSR count). The Morgan fingerprint density at radius 2 is 1.86 bits per heavy atom. The van der Waals surface area contributed by atoms with Gasteiger partial charge in [-0.2, -0.15) is 16.7 Å². The standard InChI is InChI=1S/C14H14N4O2S2/c1-9-3-5-10(6-4-9)13-15-11(20-18-13)8-22-14-17-16-12(19-14)7-21-2/h3-6H,7-8H2,1-2H3. The van der Waals surface area contributed by atoms with Crippen LogP contribution in [0.5, 0.6) is 0 Å². The molecule has 0 atom stereocenters. The highest BCUT2D eigenvalue weighted by Crippen LogP contribution is 2.23. The molecule has 0 spiro atoms. The summed E-state index contributed by atoms with van der Waals surface area (Å²) in [6.07, 6.45) is 1.99. The van der Waals surface area contributed by atoms with Crippen LogP contribution >= 0.6 is 23.5 Å². The zero-order valence-corrected chi connectivity index (χ0v) is 13.8. The van der Waals surface area contributed by atoms with E-state index in [1.54, 1.807) is 11.8 Å². The van der Waals surface area contributed by atoms with Crippen molar-refractivity contribution in [1.29, 1.82) is 0 Å². The van der Waals surface area contributed by atoms with Gasteiger partial charge in [-0.05, 0) is 13.2 Å². The van der Waals surface area contributed by atoms with E-state index in [4.69, 9.17) is 8.94 Å². The monoisotopic (exact) mass is 334 g/mol. The van der Waals surface area contributed by atoms with Gasteiger partial charge >= 0.3 is 0 Å². The summed E-state index contributed by atoms with van der Waals surface area (Å²) < 4.78 is 10.7. The van der Waals surface area contributed by atoms with E-state index in [2.05, 4.69) is 20.3 Å². The van der Waals surface area contributed by atoms with Crippen LogP contribution in [-0.2, 0) is 11.5 Å². The van der Waals surface area contributed by atoms with Gasteiger partial charge in [-0.3, -0.25) is 0 Å². The molecule has 3 aromatic rings.